The Labute approximate surface area is 132 Å². The third-order valence-corrected chi connectivity index (χ3v) is 4.49. The number of Topliss-reactive ketones (excluding diaryl/α,β-unsaturated/α-hetero) is 1. The zero-order chi connectivity index (χ0) is 16.6. The van der Waals surface area contributed by atoms with Crippen LogP contribution in [0.1, 0.15) is 26.3 Å². The molecule has 0 saturated carbocycles. The average molecular weight is 328 g/mol. The molecule has 0 radical (unpaired) electrons. The summed E-state index contributed by atoms with van der Waals surface area (Å²) in [6.45, 7) is 0. The highest BCUT2D eigenvalue weighted by molar-refractivity contribution is 7.89. The van der Waals surface area contributed by atoms with Gasteiger partial charge in [0.15, 0.2) is 11.6 Å². The van der Waals surface area contributed by atoms with Gasteiger partial charge in [0.1, 0.15) is 0 Å². The van der Waals surface area contributed by atoms with Gasteiger partial charge in [0, 0.05) is 30.0 Å². The molecule has 1 aromatic carbocycles. The number of carbonyl (C=O) groups excluding carboxylic acids is 2. The van der Waals surface area contributed by atoms with Crippen molar-refractivity contribution < 1.29 is 18.0 Å². The molecule has 23 heavy (non-hydrogen) atoms. The molecule has 0 fully saturated rings. The van der Waals surface area contributed by atoms with Crippen molar-refractivity contribution in [2.75, 3.05) is 0 Å². The van der Waals surface area contributed by atoms with Crippen LogP contribution >= 0.6 is 0 Å². The summed E-state index contributed by atoms with van der Waals surface area (Å²) in [6, 6.07) is 7.58. The number of nitrogens with two attached hydrogens (primary N) is 1. The number of hydrogen-bond acceptors (Lipinski definition) is 5. The van der Waals surface area contributed by atoms with Crippen molar-refractivity contribution >= 4 is 21.6 Å². The minimum absolute atomic E-state index is 0.0583. The molecular formula is C16H12N2O4S. The predicted molar refractivity (Wildman–Crippen MR) is 82.5 cm³/mol. The smallest absolute Gasteiger partial charge is 0.238 e. The molecule has 0 aliphatic heterocycles. The highest BCUT2D eigenvalue weighted by atomic mass is 32.2. The molecular weight excluding hydrogens is 316 g/mol. The molecule has 0 saturated heterocycles. The number of allylic oxidation sites excluding steroid dienone is 2. The fraction of sp³-hybridized carbons (Fsp3) is 0.0625. The Balaban J connectivity index is 2.08. The fourth-order valence-electron chi connectivity index (χ4n) is 2.53. The first kappa shape index (κ1) is 15.3. The van der Waals surface area contributed by atoms with Gasteiger partial charge >= 0.3 is 0 Å². The van der Waals surface area contributed by atoms with Crippen LogP contribution in [0.3, 0.4) is 0 Å². The molecule has 0 bridgehead atoms. The Morgan fingerprint density at radius 3 is 2.52 bits per heavy atom. The lowest BCUT2D eigenvalue weighted by Crippen LogP contribution is -2.23. The molecule has 3 rings (SSSR count). The number of nitrogens with zero attached hydrogens (tertiary/aromatic N) is 1. The van der Waals surface area contributed by atoms with E-state index in [0.29, 0.717) is 5.57 Å². The van der Waals surface area contributed by atoms with Gasteiger partial charge in [0.25, 0.3) is 0 Å². The van der Waals surface area contributed by atoms with Crippen LogP contribution in [0.15, 0.2) is 59.3 Å². The number of sulfonamides is 1. The van der Waals surface area contributed by atoms with Crippen molar-refractivity contribution in [1.29, 1.82) is 0 Å². The lowest BCUT2D eigenvalue weighted by atomic mass is 9.87. The van der Waals surface area contributed by atoms with E-state index < -0.39 is 15.8 Å². The van der Waals surface area contributed by atoms with E-state index in [4.69, 9.17) is 5.14 Å². The molecule has 1 aromatic heterocycles. The van der Waals surface area contributed by atoms with Crippen molar-refractivity contribution in [2.45, 2.75) is 11.3 Å². The highest BCUT2D eigenvalue weighted by Crippen LogP contribution is 2.28. The molecule has 0 spiro atoms. The average Bonchev–Trinajstić information content (AvgIpc) is 2.52. The fourth-order valence-corrected chi connectivity index (χ4v) is 3.30. The SMILES string of the molecule is NS(=O)(=O)c1cccc2c1C(=O)C=C(Cc1cccnc1)C2=O. The maximum atomic E-state index is 12.6. The largest absolute Gasteiger partial charge is 0.289 e. The zero-order valence-electron chi connectivity index (χ0n) is 11.9. The van der Waals surface area contributed by atoms with Crippen molar-refractivity contribution in [3.05, 3.63) is 71.1 Å². The topological polar surface area (TPSA) is 107 Å². The Morgan fingerprint density at radius 1 is 1.09 bits per heavy atom. The number of hydrogen-bond donors (Lipinski definition) is 1. The molecule has 6 nitrogen and oxygen atoms in total. The molecule has 0 amide bonds. The van der Waals surface area contributed by atoms with E-state index in [2.05, 4.69) is 4.98 Å². The summed E-state index contributed by atoms with van der Waals surface area (Å²) in [6.07, 6.45) is 4.64. The summed E-state index contributed by atoms with van der Waals surface area (Å²) in [5.41, 5.74) is 0.978. The quantitative estimate of drug-likeness (QED) is 0.913. The second-order valence-electron chi connectivity index (χ2n) is 5.12. The zero-order valence-corrected chi connectivity index (χ0v) is 12.7. The number of rotatable bonds is 3. The molecule has 1 heterocycles. The summed E-state index contributed by atoms with van der Waals surface area (Å²) in [4.78, 5) is 28.5. The summed E-state index contributed by atoms with van der Waals surface area (Å²) in [7, 11) is -4.09. The number of pyridine rings is 1. The molecule has 1 aliphatic carbocycles. The van der Waals surface area contributed by atoms with Crippen LogP contribution in [0, 0.1) is 0 Å². The van der Waals surface area contributed by atoms with Crippen LogP contribution in [0.5, 0.6) is 0 Å². The maximum absolute atomic E-state index is 12.6. The van der Waals surface area contributed by atoms with E-state index >= 15 is 0 Å². The van der Waals surface area contributed by atoms with E-state index in [1.165, 1.54) is 24.3 Å². The summed E-state index contributed by atoms with van der Waals surface area (Å²) >= 11 is 0. The Kier molecular flexibility index (Phi) is 3.67. The lowest BCUT2D eigenvalue weighted by Gasteiger charge is -2.17. The molecule has 0 atom stereocenters. The van der Waals surface area contributed by atoms with Crippen molar-refractivity contribution in [1.82, 2.24) is 4.98 Å². The number of aromatic nitrogens is 1. The molecule has 2 N–H and O–H groups in total. The first-order valence-electron chi connectivity index (χ1n) is 6.72. The van der Waals surface area contributed by atoms with Crippen molar-refractivity contribution in [3.63, 3.8) is 0 Å². The van der Waals surface area contributed by atoms with Crippen LogP contribution < -0.4 is 5.14 Å². The number of carbonyl (C=O) groups is 2. The molecule has 116 valence electrons. The van der Waals surface area contributed by atoms with E-state index in [9.17, 15) is 18.0 Å². The third kappa shape index (κ3) is 2.84. The predicted octanol–water partition coefficient (Wildman–Crippen LogP) is 1.28. The van der Waals surface area contributed by atoms with Gasteiger partial charge in [-0.25, -0.2) is 13.6 Å². The standard InChI is InChI=1S/C16H12N2O4S/c17-23(21,22)14-5-1-4-12-15(14)13(19)8-11(16(12)20)7-10-3-2-6-18-9-10/h1-6,8-9H,7H2,(H2,17,21,22). The molecule has 2 aromatic rings. The monoisotopic (exact) mass is 328 g/mol. The van der Waals surface area contributed by atoms with Gasteiger partial charge in [-0.2, -0.15) is 0 Å². The first-order valence-corrected chi connectivity index (χ1v) is 8.27. The lowest BCUT2D eigenvalue weighted by molar-refractivity contribution is 0.0980. The van der Waals surface area contributed by atoms with E-state index in [1.54, 1.807) is 24.5 Å². The number of benzene rings is 1. The highest BCUT2D eigenvalue weighted by Gasteiger charge is 2.30. The van der Waals surface area contributed by atoms with Crippen LogP contribution in [-0.4, -0.2) is 25.0 Å². The minimum atomic E-state index is -4.09. The third-order valence-electron chi connectivity index (χ3n) is 3.54. The number of primary sulfonamides is 1. The van der Waals surface area contributed by atoms with Gasteiger partial charge in [-0.1, -0.05) is 18.2 Å². The van der Waals surface area contributed by atoms with Gasteiger partial charge < -0.3 is 0 Å². The van der Waals surface area contributed by atoms with Crippen molar-refractivity contribution in [2.24, 2.45) is 5.14 Å². The van der Waals surface area contributed by atoms with Crippen LogP contribution in [-0.2, 0) is 16.4 Å². The summed E-state index contributed by atoms with van der Waals surface area (Å²) in [5.74, 6) is -0.919. The summed E-state index contributed by atoms with van der Waals surface area (Å²) < 4.78 is 23.2. The first-order chi connectivity index (χ1) is 10.9. The van der Waals surface area contributed by atoms with Crippen LogP contribution in [0.25, 0.3) is 0 Å². The van der Waals surface area contributed by atoms with Gasteiger partial charge in [0.05, 0.1) is 10.5 Å². The van der Waals surface area contributed by atoms with Gasteiger partial charge in [0.2, 0.25) is 10.0 Å². The molecule has 7 heteroatoms. The van der Waals surface area contributed by atoms with E-state index in [0.717, 1.165) is 5.56 Å². The van der Waals surface area contributed by atoms with E-state index in [1.807, 2.05) is 0 Å². The Hall–Kier alpha value is -2.64. The minimum Gasteiger partial charge on any atom is -0.289 e. The Morgan fingerprint density at radius 2 is 1.87 bits per heavy atom. The van der Waals surface area contributed by atoms with Crippen LogP contribution in [0.4, 0.5) is 0 Å². The van der Waals surface area contributed by atoms with Crippen molar-refractivity contribution in [3.8, 4) is 0 Å². The van der Waals surface area contributed by atoms with E-state index in [-0.39, 0.29) is 28.2 Å². The Bertz CT molecular complexity index is 947. The maximum Gasteiger partial charge on any atom is 0.238 e. The van der Waals surface area contributed by atoms with Gasteiger partial charge in [-0.05, 0) is 23.8 Å². The van der Waals surface area contributed by atoms with Gasteiger partial charge in [-0.3, -0.25) is 14.6 Å². The van der Waals surface area contributed by atoms with Crippen LogP contribution in [0.2, 0.25) is 0 Å². The number of fused-ring (bicyclic) bond motifs is 1. The molecule has 1 aliphatic rings. The summed E-state index contributed by atoms with van der Waals surface area (Å²) in [5, 5.41) is 5.13. The molecule has 0 unspecified atom stereocenters. The van der Waals surface area contributed by atoms with Gasteiger partial charge in [-0.15, -0.1) is 0 Å². The number of ketones is 2. The second-order valence-corrected chi connectivity index (χ2v) is 6.65. The normalized spacial score (nSPS) is 14.4. The second kappa shape index (κ2) is 5.53.